The molecule has 1 aromatic carbocycles. The normalized spacial score (nSPS) is 13.5. The molecule has 0 fully saturated rings. The molecule has 0 saturated carbocycles. The van der Waals surface area contributed by atoms with Crippen molar-refractivity contribution in [1.82, 2.24) is 29.9 Å². The molecule has 6 aromatic heterocycles. The van der Waals surface area contributed by atoms with E-state index in [1.165, 1.54) is 0 Å². The van der Waals surface area contributed by atoms with E-state index in [-0.39, 0.29) is 5.71 Å². The van der Waals surface area contributed by atoms with Crippen LogP contribution in [0.15, 0.2) is 169 Å². The van der Waals surface area contributed by atoms with Crippen LogP contribution in [0, 0.1) is 5.41 Å². The Kier molecular flexibility index (Phi) is 8.67. The van der Waals surface area contributed by atoms with E-state index in [4.69, 9.17) is 25.0 Å². The summed E-state index contributed by atoms with van der Waals surface area (Å²) in [6, 6.07) is 44.7. The summed E-state index contributed by atoms with van der Waals surface area (Å²) in [4.78, 5) is 28.7. The minimum atomic E-state index is 0.256. The fourth-order valence-electron chi connectivity index (χ4n) is 5.70. The van der Waals surface area contributed by atoms with E-state index < -0.39 is 0 Å². The second kappa shape index (κ2) is 14.2. The number of nitrogens with zero attached hydrogens (tertiary/aromatic N) is 7. The molecule has 0 atom stereocenters. The van der Waals surface area contributed by atoms with Gasteiger partial charge in [-0.3, -0.25) is 15.4 Å². The van der Waals surface area contributed by atoms with Crippen molar-refractivity contribution in [2.45, 2.75) is 0 Å². The van der Waals surface area contributed by atoms with Gasteiger partial charge in [-0.2, -0.15) is 5.43 Å². The number of nitrogens with two attached hydrogens (primary N) is 1. The first-order chi connectivity index (χ1) is 25.2. The zero-order valence-corrected chi connectivity index (χ0v) is 27.3. The Morgan fingerprint density at radius 3 is 1.37 bits per heavy atom. The molecule has 7 aromatic rings. The van der Waals surface area contributed by atoms with Crippen molar-refractivity contribution in [3.05, 3.63) is 175 Å². The van der Waals surface area contributed by atoms with Gasteiger partial charge in [0, 0.05) is 35.7 Å². The van der Waals surface area contributed by atoms with Gasteiger partial charge in [0.25, 0.3) is 0 Å². The van der Waals surface area contributed by atoms with Crippen molar-refractivity contribution in [3.63, 3.8) is 0 Å². The van der Waals surface area contributed by atoms with Crippen molar-refractivity contribution in [2.24, 2.45) is 5.10 Å². The smallest absolute Gasteiger partial charge is 0.155 e. The highest BCUT2D eigenvalue weighted by atomic mass is 15.3. The summed E-state index contributed by atoms with van der Waals surface area (Å²) in [5.41, 5.74) is 12.2. The van der Waals surface area contributed by atoms with Gasteiger partial charge < -0.3 is 0 Å². The van der Waals surface area contributed by atoms with Crippen LogP contribution in [-0.4, -0.2) is 41.3 Å². The third kappa shape index (κ3) is 6.91. The van der Waals surface area contributed by atoms with E-state index in [2.05, 4.69) is 9.97 Å². The van der Waals surface area contributed by atoms with E-state index in [0.29, 0.717) is 28.4 Å². The average molecular weight is 661 g/mol. The number of benzene rings is 1. The maximum Gasteiger partial charge on any atom is 0.155 e. The van der Waals surface area contributed by atoms with Crippen LogP contribution in [0.4, 0.5) is 5.69 Å². The number of aromatic nitrogens is 6. The van der Waals surface area contributed by atoms with Gasteiger partial charge in [0.15, 0.2) is 5.69 Å². The molecule has 0 saturated heterocycles. The van der Waals surface area contributed by atoms with Crippen molar-refractivity contribution >= 4 is 28.3 Å². The first kappa shape index (κ1) is 31.2. The van der Waals surface area contributed by atoms with Crippen LogP contribution in [0.1, 0.15) is 11.4 Å². The lowest BCUT2D eigenvalue weighted by molar-refractivity contribution is -0.577. The maximum atomic E-state index is 9.30. The summed E-state index contributed by atoms with van der Waals surface area (Å²) < 4.78 is 0. The molecular weight excluding hydrogens is 631 g/mol. The lowest BCUT2D eigenvalue weighted by Gasteiger charge is -2.17. The summed E-state index contributed by atoms with van der Waals surface area (Å²) in [6.07, 6.45) is 7.37. The summed E-state index contributed by atoms with van der Waals surface area (Å²) in [5.74, 6) is 0. The molecule has 3 N–H and O–H groups in total. The third-order valence-electron chi connectivity index (χ3n) is 8.22. The number of quaternary nitrogens is 1. The SMILES string of the molecule is N=C1C(c2cccc(-c3cccc(-c4ccccn4)n3)n2)=CC(c2cccc(-c3cccc(-c4ccccn4)n3)n2)=CC1=N[NH2+]c1ccccc1. The number of nitrogens with one attached hydrogen (secondary N) is 1. The Hall–Kier alpha value is -7.10. The molecule has 0 aliphatic heterocycles. The van der Waals surface area contributed by atoms with Crippen LogP contribution in [0.25, 0.3) is 56.7 Å². The summed E-state index contributed by atoms with van der Waals surface area (Å²) in [7, 11) is 0. The number of hydrogen-bond donors (Lipinski definition) is 2. The Bertz CT molecular complexity index is 2460. The molecule has 0 bridgehead atoms. The molecule has 6 heterocycles. The third-order valence-corrected chi connectivity index (χ3v) is 8.22. The first-order valence-electron chi connectivity index (χ1n) is 16.4. The number of allylic oxidation sites excluding steroid dienone is 4. The van der Waals surface area contributed by atoms with E-state index in [1.807, 2.05) is 152 Å². The van der Waals surface area contributed by atoms with Gasteiger partial charge in [-0.1, -0.05) is 59.7 Å². The number of pyridine rings is 6. The van der Waals surface area contributed by atoms with Crippen molar-refractivity contribution < 1.29 is 5.43 Å². The molecule has 9 nitrogen and oxygen atoms in total. The fraction of sp³-hybridized carbons (Fsp3) is 0. The molecule has 0 amide bonds. The van der Waals surface area contributed by atoms with Crippen LogP contribution in [0.2, 0.25) is 0 Å². The highest BCUT2D eigenvalue weighted by Crippen LogP contribution is 2.30. The van der Waals surface area contributed by atoms with Gasteiger partial charge in [-0.15, -0.1) is 0 Å². The first-order valence-corrected chi connectivity index (χ1v) is 16.4. The molecule has 242 valence electrons. The Morgan fingerprint density at radius 2 is 0.843 bits per heavy atom. The van der Waals surface area contributed by atoms with Crippen LogP contribution in [-0.2, 0) is 0 Å². The molecule has 9 heteroatoms. The zero-order chi connectivity index (χ0) is 34.4. The van der Waals surface area contributed by atoms with Crippen molar-refractivity contribution in [3.8, 4) is 45.6 Å². The van der Waals surface area contributed by atoms with Gasteiger partial charge in [-0.05, 0) is 84.9 Å². The summed E-state index contributed by atoms with van der Waals surface area (Å²) >= 11 is 0. The Morgan fingerprint density at radius 1 is 0.412 bits per heavy atom. The lowest BCUT2D eigenvalue weighted by Crippen LogP contribution is -2.71. The quantitative estimate of drug-likeness (QED) is 0.0753. The van der Waals surface area contributed by atoms with Gasteiger partial charge >= 0.3 is 0 Å². The zero-order valence-electron chi connectivity index (χ0n) is 27.3. The van der Waals surface area contributed by atoms with Gasteiger partial charge in [-0.25, -0.2) is 19.9 Å². The van der Waals surface area contributed by atoms with Crippen molar-refractivity contribution in [1.29, 1.82) is 5.41 Å². The van der Waals surface area contributed by atoms with Crippen molar-refractivity contribution in [2.75, 3.05) is 0 Å². The largest absolute Gasteiger partial charge is 0.298 e. The average Bonchev–Trinajstić information content (AvgIpc) is 3.22. The molecule has 0 unspecified atom stereocenters. The summed E-state index contributed by atoms with van der Waals surface area (Å²) in [6.45, 7) is 0. The summed E-state index contributed by atoms with van der Waals surface area (Å²) in [5, 5.41) is 14.1. The van der Waals surface area contributed by atoms with E-state index >= 15 is 0 Å². The molecule has 1 aliphatic carbocycles. The predicted molar refractivity (Wildman–Crippen MR) is 201 cm³/mol. The van der Waals surface area contributed by atoms with Gasteiger partial charge in [0.05, 0.1) is 62.7 Å². The Balaban J connectivity index is 1.18. The minimum absolute atomic E-state index is 0.256. The molecular formula is C42H30N9+. The van der Waals surface area contributed by atoms with Crippen LogP contribution >= 0.6 is 0 Å². The number of rotatable bonds is 8. The highest BCUT2D eigenvalue weighted by Gasteiger charge is 2.23. The van der Waals surface area contributed by atoms with E-state index in [0.717, 1.165) is 51.1 Å². The minimum Gasteiger partial charge on any atom is -0.298 e. The molecule has 0 radical (unpaired) electrons. The maximum absolute atomic E-state index is 9.30. The molecule has 8 rings (SSSR count). The number of hydrogen-bond acceptors (Lipinski definition) is 8. The molecule has 51 heavy (non-hydrogen) atoms. The second-order valence-electron chi connectivity index (χ2n) is 11.6. The van der Waals surface area contributed by atoms with E-state index in [1.54, 1.807) is 17.8 Å². The Labute approximate surface area is 294 Å². The predicted octanol–water partition coefficient (Wildman–Crippen LogP) is 7.48. The monoisotopic (exact) mass is 660 g/mol. The topological polar surface area (TPSA) is 130 Å². The molecule has 0 spiro atoms. The van der Waals surface area contributed by atoms with Crippen LogP contribution in [0.3, 0.4) is 0 Å². The van der Waals surface area contributed by atoms with Crippen LogP contribution < -0.4 is 5.43 Å². The standard InChI is InChI=1S/C42H29N9/c43-42-30(32-17-9-21-38(47-32)40-23-11-19-36(49-40)34-15-5-7-25-45-34)26-28(27-41(42)51-50-29-12-2-1-3-13-29)31-16-8-20-37(46-31)39-22-10-18-35(48-39)33-14-4-6-24-44-33/h1-27,43,50H/p+1. The van der Waals surface area contributed by atoms with Gasteiger partial charge in [0.2, 0.25) is 0 Å². The fourth-order valence-corrected chi connectivity index (χ4v) is 5.70. The van der Waals surface area contributed by atoms with Gasteiger partial charge in [0.1, 0.15) is 5.71 Å². The van der Waals surface area contributed by atoms with E-state index in [9.17, 15) is 5.41 Å². The second-order valence-corrected chi connectivity index (χ2v) is 11.6. The lowest BCUT2D eigenvalue weighted by atomic mass is 9.91. The highest BCUT2D eigenvalue weighted by molar-refractivity contribution is 6.62. The molecule has 1 aliphatic rings. The van der Waals surface area contributed by atoms with Crippen LogP contribution in [0.5, 0.6) is 0 Å².